The van der Waals surface area contributed by atoms with Gasteiger partial charge in [-0.2, -0.15) is 0 Å². The largest absolute Gasteiger partial charge is 0.465 e. The van der Waals surface area contributed by atoms with Crippen molar-refractivity contribution in [3.05, 3.63) is 71.8 Å². The summed E-state index contributed by atoms with van der Waals surface area (Å²) in [6.45, 7) is 23.6. The summed E-state index contributed by atoms with van der Waals surface area (Å²) in [6.07, 6.45) is 54.0. The van der Waals surface area contributed by atoms with Crippen molar-refractivity contribution in [1.29, 1.82) is 0 Å². The summed E-state index contributed by atoms with van der Waals surface area (Å²) >= 11 is 1.50. The molecular weight excluding hydrogens is 1120 g/mol. The normalized spacial score (nSPS) is 12.5. The number of esters is 4. The molecule has 0 aliphatic carbocycles. The molecule has 0 N–H and O–H groups in total. The highest BCUT2D eigenvalue weighted by Crippen LogP contribution is 2.24. The highest BCUT2D eigenvalue weighted by atomic mass is 32.2. The van der Waals surface area contributed by atoms with Crippen molar-refractivity contribution in [3.63, 3.8) is 0 Å². The van der Waals surface area contributed by atoms with Gasteiger partial charge in [-0.05, 0) is 142 Å². The number of rotatable bonds is 57. The van der Waals surface area contributed by atoms with Gasteiger partial charge in [-0.1, -0.05) is 285 Å². The first-order valence-electron chi connectivity index (χ1n) is 37.2. The minimum Gasteiger partial charge on any atom is -0.465 e. The third-order valence-corrected chi connectivity index (χ3v) is 18.0. The Balaban J connectivity index is 0.00000157. The molecule has 0 heterocycles. The number of unbranched alkanes of at least 4 members (excludes halogenated alkanes) is 23. The lowest BCUT2D eigenvalue weighted by molar-refractivity contribution is -0.150. The van der Waals surface area contributed by atoms with Crippen molar-refractivity contribution in [1.82, 2.24) is 0 Å². The van der Waals surface area contributed by atoms with Crippen LogP contribution in [0.3, 0.4) is 0 Å². The maximum Gasteiger partial charge on any atom is 0.311 e. The molecule has 9 nitrogen and oxygen atoms in total. The molecule has 0 aliphatic heterocycles. The van der Waals surface area contributed by atoms with Crippen molar-refractivity contribution in [2.45, 2.75) is 364 Å². The zero-order valence-electron chi connectivity index (χ0n) is 59.4. The first kappa shape index (κ1) is 85.4. The van der Waals surface area contributed by atoms with Crippen LogP contribution in [0.5, 0.6) is 11.5 Å². The van der Waals surface area contributed by atoms with E-state index in [1.54, 1.807) is 12.1 Å². The molecule has 0 fully saturated rings. The molecule has 4 atom stereocenters. The summed E-state index contributed by atoms with van der Waals surface area (Å²) in [7, 11) is 0. The second-order valence-electron chi connectivity index (χ2n) is 25.5. The maximum atomic E-state index is 12.2. The van der Waals surface area contributed by atoms with Crippen LogP contribution in [0.25, 0.3) is 0 Å². The minimum atomic E-state index is -0.200. The fraction of sp³-hybridized carbons (Fsp3) is 0.772. The number of hydrogen-bond donors (Lipinski definition) is 0. The van der Waals surface area contributed by atoms with Crippen molar-refractivity contribution >= 4 is 35.9 Å². The van der Waals surface area contributed by atoms with Crippen molar-refractivity contribution in [3.8, 4) is 11.5 Å². The van der Waals surface area contributed by atoms with Gasteiger partial charge in [-0.3, -0.25) is 19.2 Å². The fourth-order valence-electron chi connectivity index (χ4n) is 10.8. The number of carbonyl (C=O) groups excluding carboxylic acids is 4. The molecule has 0 aromatic heterocycles. The summed E-state index contributed by atoms with van der Waals surface area (Å²) in [4.78, 5) is 48.8. The van der Waals surface area contributed by atoms with E-state index < -0.39 is 0 Å². The van der Waals surface area contributed by atoms with E-state index >= 15 is 0 Å². The van der Waals surface area contributed by atoms with Gasteiger partial charge in [0.05, 0.1) is 19.6 Å². The molecule has 4 unspecified atom stereocenters. The van der Waals surface area contributed by atoms with E-state index in [1.165, 1.54) is 185 Å². The third kappa shape index (κ3) is 55.7. The summed E-state index contributed by atoms with van der Waals surface area (Å²) < 4.78 is 27.9. The molecule has 0 aliphatic rings. The van der Waals surface area contributed by atoms with Gasteiger partial charge >= 0.3 is 23.9 Å². The van der Waals surface area contributed by atoms with E-state index in [9.17, 15) is 19.2 Å². The molecule has 514 valence electrons. The van der Waals surface area contributed by atoms with Crippen LogP contribution in [0, 0.1) is 17.8 Å². The second-order valence-corrected chi connectivity index (χ2v) is 26.2. The number of benzene rings is 2. The lowest BCUT2D eigenvalue weighted by atomic mass is 9.96. The van der Waals surface area contributed by atoms with Crippen LogP contribution in [0.2, 0.25) is 0 Å². The summed E-state index contributed by atoms with van der Waals surface area (Å²) in [5, 5.41) is 0. The standard InChI is InChI=1S/C37H64O5S.C35H58O4.C7H16/c1-5-9-11-12-14-18-22-34(8-4)41-36(38)23-19-15-13-16-20-24-37(39)42-35-27-25-33(26-28-35)31-43-40-30-29-32(7-3)21-17-10-6-2;1-4-7-9-10-11-12-13-14-15-16-17-18-19-20-21-23-34(36)39-33-26-24-32(25-27-33)30-35(37)38-29-28-31(6-3)22-8-5-2;1-4-6-7(3)5-2/h25-28,32,34H,5-24,29-31H2,1-4H3;14-15,24-27,31H,4-13,16-23,28-30H2,1-3H3;7H,4-6H2,1-3H3/b;15-14-;. The van der Waals surface area contributed by atoms with E-state index in [0.717, 1.165) is 119 Å². The van der Waals surface area contributed by atoms with Crippen LogP contribution < -0.4 is 9.47 Å². The van der Waals surface area contributed by atoms with Crippen LogP contribution in [0.1, 0.15) is 356 Å². The molecule has 2 rings (SSSR count). The quantitative estimate of drug-likeness (QED) is 0.0208. The van der Waals surface area contributed by atoms with Crippen molar-refractivity contribution in [2.24, 2.45) is 17.8 Å². The summed E-state index contributed by atoms with van der Waals surface area (Å²) in [6, 6.07) is 14.9. The number of hydrogen-bond acceptors (Lipinski definition) is 10. The fourth-order valence-corrected chi connectivity index (χ4v) is 11.4. The number of carbonyl (C=O) groups is 4. The zero-order valence-corrected chi connectivity index (χ0v) is 60.2. The Morgan fingerprint density at radius 2 is 0.820 bits per heavy atom. The van der Waals surface area contributed by atoms with E-state index in [0.29, 0.717) is 43.3 Å². The van der Waals surface area contributed by atoms with Gasteiger partial charge in [-0.25, -0.2) is 0 Å². The lowest BCUT2D eigenvalue weighted by Gasteiger charge is -2.16. The van der Waals surface area contributed by atoms with E-state index in [1.807, 2.05) is 36.4 Å². The van der Waals surface area contributed by atoms with Crippen LogP contribution >= 0.6 is 12.0 Å². The van der Waals surface area contributed by atoms with Gasteiger partial charge in [0.15, 0.2) is 0 Å². The molecule has 89 heavy (non-hydrogen) atoms. The predicted octanol–water partition coefficient (Wildman–Crippen LogP) is 24.7. The lowest BCUT2D eigenvalue weighted by Crippen LogP contribution is -2.17. The van der Waals surface area contributed by atoms with Gasteiger partial charge in [0.1, 0.15) is 17.6 Å². The first-order chi connectivity index (χ1) is 43.4. The Morgan fingerprint density at radius 1 is 0.393 bits per heavy atom. The topological polar surface area (TPSA) is 114 Å². The average molecular weight is 1260 g/mol. The van der Waals surface area contributed by atoms with E-state index in [2.05, 4.69) is 81.4 Å². The smallest absolute Gasteiger partial charge is 0.311 e. The summed E-state index contributed by atoms with van der Waals surface area (Å²) in [5.74, 6) is 3.65. The Morgan fingerprint density at radius 3 is 1.29 bits per heavy atom. The van der Waals surface area contributed by atoms with Crippen molar-refractivity contribution in [2.75, 3.05) is 13.2 Å². The monoisotopic (exact) mass is 1260 g/mol. The molecule has 10 heteroatoms. The van der Waals surface area contributed by atoms with Crippen LogP contribution in [-0.4, -0.2) is 43.2 Å². The molecule has 0 amide bonds. The van der Waals surface area contributed by atoms with E-state index in [-0.39, 0.29) is 36.4 Å². The second kappa shape index (κ2) is 64.5. The van der Waals surface area contributed by atoms with Crippen LogP contribution in [0.15, 0.2) is 60.7 Å². The van der Waals surface area contributed by atoms with E-state index in [4.69, 9.17) is 23.1 Å². The van der Waals surface area contributed by atoms with Gasteiger partial charge in [0, 0.05) is 25.0 Å². The van der Waals surface area contributed by atoms with Gasteiger partial charge < -0.3 is 23.1 Å². The molecule has 0 bridgehead atoms. The highest BCUT2D eigenvalue weighted by molar-refractivity contribution is 7.93. The molecule has 0 saturated carbocycles. The SMILES string of the molecule is CCCC(C)CC.CCCCCCCC/C=C\CCCCCCCC(=O)Oc1ccc(CC(=O)OCCC(CC)CCCC)cc1.CCCCCCCCC(CC)OC(=O)CCCCCCCC(=O)Oc1ccc(CSOCCC(CC)CCCCC)cc1. The number of allylic oxidation sites excluding steroid dienone is 2. The van der Waals surface area contributed by atoms with Gasteiger partial charge in [0.25, 0.3) is 0 Å². The molecule has 0 radical (unpaired) electrons. The Hall–Kier alpha value is -3.63. The molecule has 2 aromatic carbocycles. The predicted molar refractivity (Wildman–Crippen MR) is 381 cm³/mol. The molecule has 0 spiro atoms. The number of ether oxygens (including phenoxy) is 4. The van der Waals surface area contributed by atoms with Gasteiger partial charge in [0.2, 0.25) is 0 Å². The Bertz CT molecular complexity index is 1920. The molecule has 0 saturated heterocycles. The van der Waals surface area contributed by atoms with Crippen LogP contribution in [-0.2, 0) is 45.0 Å². The third-order valence-electron chi connectivity index (χ3n) is 17.2. The zero-order chi connectivity index (χ0) is 65.5. The minimum absolute atomic E-state index is 0.0585. The maximum absolute atomic E-state index is 12.2. The summed E-state index contributed by atoms with van der Waals surface area (Å²) in [5.41, 5.74) is 2.03. The van der Waals surface area contributed by atoms with Gasteiger partial charge in [-0.15, -0.1) is 0 Å². The Labute approximate surface area is 553 Å². The highest BCUT2D eigenvalue weighted by Gasteiger charge is 2.14. The Kier molecular flexibility index (Phi) is 61.8. The molecule has 2 aromatic rings. The molecular formula is C79H138O9S. The van der Waals surface area contributed by atoms with Crippen LogP contribution in [0.4, 0.5) is 0 Å². The average Bonchev–Trinajstić information content (AvgIpc) is 3.73. The van der Waals surface area contributed by atoms with Crippen molar-refractivity contribution < 1.29 is 42.3 Å². The first-order valence-corrected chi connectivity index (χ1v) is 38.2.